The highest BCUT2D eigenvalue weighted by atomic mass is 14.7. The van der Waals surface area contributed by atoms with Crippen LogP contribution in [0.2, 0.25) is 0 Å². The molecule has 32 heavy (non-hydrogen) atoms. The Balaban J connectivity index is 1.39. The molecule has 0 N–H and O–H groups in total. The average molecular weight is 437 g/mol. The fourth-order valence-corrected chi connectivity index (χ4v) is 12.2. The van der Waals surface area contributed by atoms with Gasteiger partial charge in [0.25, 0.3) is 0 Å². The summed E-state index contributed by atoms with van der Waals surface area (Å²) in [5, 5.41) is 0. The van der Waals surface area contributed by atoms with E-state index in [1.165, 1.54) is 38.5 Å². The molecule has 0 saturated heterocycles. The second-order valence-corrected chi connectivity index (χ2v) is 14.7. The molecule has 0 aromatic heterocycles. The molecular weight excluding hydrogens is 384 g/mol. The highest BCUT2D eigenvalue weighted by molar-refractivity contribution is 5.26. The summed E-state index contributed by atoms with van der Waals surface area (Å²) in [6, 6.07) is 0. The van der Waals surface area contributed by atoms with Gasteiger partial charge in [-0.3, -0.25) is 0 Å². The van der Waals surface area contributed by atoms with Gasteiger partial charge in [-0.15, -0.1) is 0 Å². The zero-order chi connectivity index (χ0) is 22.1. The van der Waals surface area contributed by atoms with Crippen LogP contribution in [-0.4, -0.2) is 0 Å². The first kappa shape index (κ1) is 22.2. The van der Waals surface area contributed by atoms with Crippen molar-refractivity contribution in [1.29, 1.82) is 0 Å². The van der Waals surface area contributed by atoms with Gasteiger partial charge in [0.2, 0.25) is 0 Å². The first-order valence-corrected chi connectivity index (χ1v) is 15.1. The van der Waals surface area contributed by atoms with Gasteiger partial charge >= 0.3 is 0 Å². The number of rotatable bonds is 2. The molecule has 6 aliphatic rings. The minimum absolute atomic E-state index is 0.886. The first-order valence-electron chi connectivity index (χ1n) is 15.1. The van der Waals surface area contributed by atoms with Crippen LogP contribution in [0.5, 0.6) is 0 Å². The van der Waals surface area contributed by atoms with Crippen LogP contribution in [0.4, 0.5) is 0 Å². The summed E-state index contributed by atoms with van der Waals surface area (Å²) in [4.78, 5) is 0. The SMILES string of the molecule is C=C1C(C2CC(C)CC(C)C2)C2C3CCCC4CCCC(C43)C2C1C1CC(C)CC(C)C1. The smallest absolute Gasteiger partial charge is 0.0140 e. The lowest BCUT2D eigenvalue weighted by Crippen LogP contribution is -2.38. The van der Waals surface area contributed by atoms with Crippen molar-refractivity contribution in [2.75, 3.05) is 0 Å². The normalized spacial score (nSPS) is 57.8. The quantitative estimate of drug-likeness (QED) is 0.379. The maximum absolute atomic E-state index is 5.09. The molecular formula is C32H52. The maximum Gasteiger partial charge on any atom is -0.0140 e. The lowest BCUT2D eigenvalue weighted by atomic mass is 9.59. The van der Waals surface area contributed by atoms with Gasteiger partial charge in [0, 0.05) is 0 Å². The topological polar surface area (TPSA) is 0 Å². The van der Waals surface area contributed by atoms with E-state index >= 15 is 0 Å². The van der Waals surface area contributed by atoms with Crippen LogP contribution in [0.25, 0.3) is 0 Å². The molecule has 6 aliphatic carbocycles. The Morgan fingerprint density at radius 1 is 0.500 bits per heavy atom. The summed E-state index contributed by atoms with van der Waals surface area (Å²) >= 11 is 0. The summed E-state index contributed by atoms with van der Waals surface area (Å²) in [5.41, 5.74) is 1.81. The molecule has 0 spiro atoms. The largest absolute Gasteiger partial charge is 0.0993 e. The minimum atomic E-state index is 0.886. The van der Waals surface area contributed by atoms with Gasteiger partial charge in [-0.05, 0) is 134 Å². The van der Waals surface area contributed by atoms with Crippen molar-refractivity contribution in [3.05, 3.63) is 12.2 Å². The summed E-state index contributed by atoms with van der Waals surface area (Å²) < 4.78 is 0. The third kappa shape index (κ3) is 3.50. The Bertz CT molecular complexity index is 629. The molecule has 180 valence electrons. The number of hydrogen-bond acceptors (Lipinski definition) is 0. The fourth-order valence-electron chi connectivity index (χ4n) is 12.2. The number of allylic oxidation sites excluding steroid dienone is 1. The highest BCUT2D eigenvalue weighted by Crippen LogP contribution is 2.71. The van der Waals surface area contributed by atoms with Crippen LogP contribution < -0.4 is 0 Å². The molecule has 6 rings (SSSR count). The van der Waals surface area contributed by atoms with Gasteiger partial charge in [0.15, 0.2) is 0 Å². The van der Waals surface area contributed by atoms with Crippen molar-refractivity contribution in [2.24, 2.45) is 82.9 Å². The summed E-state index contributed by atoms with van der Waals surface area (Å²) in [6.07, 6.45) is 18.4. The molecule has 10 unspecified atom stereocenters. The third-order valence-electron chi connectivity index (χ3n) is 12.3. The standard InChI is InChI=1S/C32H52/c1-18-12-19(2)15-24(14-18)28-22(5)29(25-16-20(3)13-21(4)17-25)32-27-11-7-9-23-8-6-10-26(30(23)27)31(28)32/h18-21,23-32H,5-17H2,1-4H3. The molecule has 0 radical (unpaired) electrons. The number of hydrogen-bond donors (Lipinski definition) is 0. The van der Waals surface area contributed by atoms with Crippen molar-refractivity contribution in [3.63, 3.8) is 0 Å². The van der Waals surface area contributed by atoms with Gasteiger partial charge < -0.3 is 0 Å². The molecule has 0 heteroatoms. The zero-order valence-corrected chi connectivity index (χ0v) is 21.8. The minimum Gasteiger partial charge on any atom is -0.0993 e. The van der Waals surface area contributed by atoms with Crippen LogP contribution in [-0.2, 0) is 0 Å². The third-order valence-corrected chi connectivity index (χ3v) is 12.3. The van der Waals surface area contributed by atoms with E-state index in [0.29, 0.717) is 0 Å². The van der Waals surface area contributed by atoms with E-state index in [9.17, 15) is 0 Å². The van der Waals surface area contributed by atoms with Gasteiger partial charge in [0.05, 0.1) is 0 Å². The van der Waals surface area contributed by atoms with Gasteiger partial charge in [-0.1, -0.05) is 65.5 Å². The Morgan fingerprint density at radius 3 is 1.31 bits per heavy atom. The highest BCUT2D eigenvalue weighted by Gasteiger charge is 2.64. The predicted octanol–water partition coefficient (Wildman–Crippen LogP) is 9.01. The van der Waals surface area contributed by atoms with Gasteiger partial charge in [0.1, 0.15) is 0 Å². The van der Waals surface area contributed by atoms with Gasteiger partial charge in [-0.2, -0.15) is 0 Å². The van der Waals surface area contributed by atoms with Crippen molar-refractivity contribution in [3.8, 4) is 0 Å². The van der Waals surface area contributed by atoms with Crippen LogP contribution >= 0.6 is 0 Å². The van der Waals surface area contributed by atoms with E-state index in [1.54, 1.807) is 38.5 Å². The van der Waals surface area contributed by atoms with Crippen molar-refractivity contribution >= 4 is 0 Å². The number of fused-ring (bicyclic) bond motifs is 3. The lowest BCUT2D eigenvalue weighted by molar-refractivity contribution is 0.0553. The molecule has 0 aromatic carbocycles. The summed E-state index contributed by atoms with van der Waals surface area (Å²) in [5.74, 6) is 13.8. The Morgan fingerprint density at radius 2 is 0.906 bits per heavy atom. The first-order chi connectivity index (χ1) is 15.4. The molecule has 6 saturated carbocycles. The Labute approximate surface area is 199 Å². The van der Waals surface area contributed by atoms with Crippen LogP contribution in [0.3, 0.4) is 0 Å². The Kier molecular flexibility index (Phi) is 5.86. The molecule has 0 bridgehead atoms. The molecule has 0 nitrogen and oxygen atoms in total. The van der Waals surface area contributed by atoms with Crippen LogP contribution in [0.1, 0.15) is 105 Å². The van der Waals surface area contributed by atoms with E-state index in [1.807, 2.05) is 5.57 Å². The molecule has 6 fully saturated rings. The monoisotopic (exact) mass is 436 g/mol. The second kappa shape index (κ2) is 8.45. The van der Waals surface area contributed by atoms with E-state index < -0.39 is 0 Å². The van der Waals surface area contributed by atoms with Crippen molar-refractivity contribution in [2.45, 2.75) is 105 Å². The maximum atomic E-state index is 5.09. The molecule has 0 heterocycles. The Hall–Kier alpha value is -0.260. The lowest BCUT2D eigenvalue weighted by Gasteiger charge is -2.46. The van der Waals surface area contributed by atoms with Gasteiger partial charge in [-0.25, -0.2) is 0 Å². The van der Waals surface area contributed by atoms with Crippen LogP contribution in [0, 0.1) is 82.9 Å². The summed E-state index contributed by atoms with van der Waals surface area (Å²) in [7, 11) is 0. The zero-order valence-electron chi connectivity index (χ0n) is 21.8. The fraction of sp³-hybridized carbons (Fsp3) is 0.938. The molecule has 0 amide bonds. The van der Waals surface area contributed by atoms with Crippen molar-refractivity contribution < 1.29 is 0 Å². The average Bonchev–Trinajstić information content (AvgIpc) is 3.20. The molecule has 0 aliphatic heterocycles. The van der Waals surface area contributed by atoms with Crippen LogP contribution in [0.15, 0.2) is 12.2 Å². The predicted molar refractivity (Wildman–Crippen MR) is 136 cm³/mol. The van der Waals surface area contributed by atoms with E-state index in [4.69, 9.17) is 6.58 Å². The molecule has 10 atom stereocenters. The second-order valence-electron chi connectivity index (χ2n) is 14.7. The van der Waals surface area contributed by atoms with E-state index in [2.05, 4.69) is 27.7 Å². The van der Waals surface area contributed by atoms with E-state index in [-0.39, 0.29) is 0 Å². The van der Waals surface area contributed by atoms with Crippen molar-refractivity contribution in [1.82, 2.24) is 0 Å². The van der Waals surface area contributed by atoms with E-state index in [0.717, 1.165) is 82.9 Å². The molecule has 0 aromatic rings. The summed E-state index contributed by atoms with van der Waals surface area (Å²) in [6.45, 7) is 15.3.